The number of anilines is 1. The Morgan fingerprint density at radius 2 is 1.81 bits per heavy atom. The molecule has 4 atom stereocenters. The van der Waals surface area contributed by atoms with Crippen LogP contribution in [0, 0.1) is 11.8 Å². The van der Waals surface area contributed by atoms with Crippen molar-refractivity contribution < 1.29 is 39.5 Å². The molecule has 1 aromatic rings. The van der Waals surface area contributed by atoms with Gasteiger partial charge in [0.1, 0.15) is 22.8 Å². The number of morpholine rings is 1. The summed E-state index contributed by atoms with van der Waals surface area (Å²) in [5.74, 6) is -6.48. The van der Waals surface area contributed by atoms with Crippen molar-refractivity contribution >= 4 is 28.9 Å². The third-order valence-electron chi connectivity index (χ3n) is 7.92. The van der Waals surface area contributed by atoms with Crippen molar-refractivity contribution in [2.45, 2.75) is 31.9 Å². The van der Waals surface area contributed by atoms with Crippen molar-refractivity contribution in [2.75, 3.05) is 45.3 Å². The molecule has 37 heavy (non-hydrogen) atoms. The molecule has 1 aliphatic heterocycles. The van der Waals surface area contributed by atoms with Crippen molar-refractivity contribution in [3.63, 3.8) is 0 Å². The second-order valence-electron chi connectivity index (χ2n) is 10.0. The number of hydrogen-bond donors (Lipinski definition) is 5. The smallest absolute Gasteiger partial charge is 0.255 e. The molecule has 1 saturated heterocycles. The highest BCUT2D eigenvalue weighted by atomic mass is 16.5. The molecule has 200 valence electrons. The second kappa shape index (κ2) is 9.16. The summed E-state index contributed by atoms with van der Waals surface area (Å²) < 4.78 is 5.37. The number of primary amides is 1. The lowest BCUT2D eigenvalue weighted by atomic mass is 9.57. The van der Waals surface area contributed by atoms with Crippen LogP contribution in [-0.4, -0.2) is 94.8 Å². The van der Waals surface area contributed by atoms with Crippen LogP contribution in [-0.2, 0) is 25.5 Å². The number of phenolic OH excluding ortho intramolecular Hbond substituents is 1. The summed E-state index contributed by atoms with van der Waals surface area (Å²) in [4.78, 5) is 42.4. The van der Waals surface area contributed by atoms with Crippen LogP contribution >= 0.6 is 0 Å². The van der Waals surface area contributed by atoms with E-state index in [1.807, 2.05) is 4.90 Å². The zero-order valence-corrected chi connectivity index (χ0v) is 20.0. The lowest BCUT2D eigenvalue weighted by Gasteiger charge is -2.50. The largest absolute Gasteiger partial charge is 0.508 e. The number of carbonyl (C=O) groups excluding carboxylic acids is 3. The van der Waals surface area contributed by atoms with E-state index in [-0.39, 0.29) is 37.2 Å². The van der Waals surface area contributed by atoms with Crippen LogP contribution < -0.4 is 10.6 Å². The minimum absolute atomic E-state index is 0. The zero-order chi connectivity index (χ0) is 26.1. The van der Waals surface area contributed by atoms with Gasteiger partial charge in [-0.1, -0.05) is 13.5 Å². The number of amides is 1. The predicted molar refractivity (Wildman–Crippen MR) is 134 cm³/mol. The van der Waals surface area contributed by atoms with Gasteiger partial charge in [0.15, 0.2) is 11.4 Å². The molecule has 0 radical (unpaired) electrons. The third-order valence-corrected chi connectivity index (χ3v) is 7.92. The molecule has 11 heteroatoms. The van der Waals surface area contributed by atoms with Crippen molar-refractivity contribution in [1.82, 2.24) is 4.90 Å². The first-order chi connectivity index (χ1) is 17.0. The Kier molecular flexibility index (Phi) is 6.60. The van der Waals surface area contributed by atoms with Gasteiger partial charge in [-0.15, -0.1) is 0 Å². The molecule has 1 amide bonds. The predicted octanol–water partition coefficient (Wildman–Crippen LogP) is 0.437. The molecule has 4 aliphatic rings. The Bertz CT molecular complexity index is 1250. The maximum absolute atomic E-state index is 13.8. The number of nitrogens with zero attached hydrogens (tertiary/aromatic N) is 2. The van der Waals surface area contributed by atoms with Gasteiger partial charge in [0, 0.05) is 24.6 Å². The molecule has 0 bridgehead atoms. The van der Waals surface area contributed by atoms with E-state index >= 15 is 0 Å². The first-order valence-corrected chi connectivity index (χ1v) is 11.8. The highest BCUT2D eigenvalue weighted by Crippen LogP contribution is 2.53. The van der Waals surface area contributed by atoms with E-state index in [1.54, 1.807) is 26.2 Å². The van der Waals surface area contributed by atoms with E-state index in [1.165, 1.54) is 4.90 Å². The minimum atomic E-state index is -2.64. The van der Waals surface area contributed by atoms with Gasteiger partial charge in [0.2, 0.25) is 5.78 Å². The number of nitrogens with two attached hydrogens (primary N) is 1. The zero-order valence-electron chi connectivity index (χ0n) is 20.0. The number of rotatable bonds is 3. The summed E-state index contributed by atoms with van der Waals surface area (Å²) in [6, 6.07) is 2.45. The Hall–Kier alpha value is -3.41. The summed E-state index contributed by atoms with van der Waals surface area (Å²) >= 11 is 0. The van der Waals surface area contributed by atoms with E-state index in [2.05, 4.69) is 0 Å². The second-order valence-corrected chi connectivity index (χ2v) is 10.0. The normalized spacial score (nSPS) is 29.5. The van der Waals surface area contributed by atoms with E-state index in [0.717, 1.165) is 0 Å². The monoisotopic (exact) mass is 515 g/mol. The number of ether oxygens (including phenoxy) is 1. The molecular formula is C26H33N3O8. The van der Waals surface area contributed by atoms with Crippen molar-refractivity contribution in [2.24, 2.45) is 17.6 Å². The molecule has 0 unspecified atom stereocenters. The summed E-state index contributed by atoms with van der Waals surface area (Å²) in [6.45, 7) is 2.05. The van der Waals surface area contributed by atoms with Crippen LogP contribution in [0.25, 0.3) is 5.76 Å². The molecule has 11 nitrogen and oxygen atoms in total. The van der Waals surface area contributed by atoms with E-state index in [0.29, 0.717) is 37.6 Å². The van der Waals surface area contributed by atoms with Crippen LogP contribution in [0.3, 0.4) is 0 Å². The quantitative estimate of drug-likeness (QED) is 0.355. The average Bonchev–Trinajstić information content (AvgIpc) is 2.81. The molecule has 5 rings (SSSR count). The highest BCUT2D eigenvalue weighted by molar-refractivity contribution is 6.24. The van der Waals surface area contributed by atoms with Crippen LogP contribution in [0.2, 0.25) is 0 Å². The summed E-state index contributed by atoms with van der Waals surface area (Å²) in [7, 11) is 3.14. The summed E-state index contributed by atoms with van der Waals surface area (Å²) in [5, 5.41) is 44.9. The minimum Gasteiger partial charge on any atom is -0.508 e. The number of carbonyl (C=O) groups is 3. The topological polar surface area (TPSA) is 174 Å². The van der Waals surface area contributed by atoms with Gasteiger partial charge in [0.05, 0.1) is 30.5 Å². The first-order valence-electron chi connectivity index (χ1n) is 11.8. The molecule has 3 aliphatic carbocycles. The Balaban J connectivity index is 0.00000320. The van der Waals surface area contributed by atoms with Crippen LogP contribution in [0.15, 0.2) is 29.0 Å². The van der Waals surface area contributed by atoms with Gasteiger partial charge in [-0.3, -0.25) is 19.3 Å². The van der Waals surface area contributed by atoms with Gasteiger partial charge in [-0.2, -0.15) is 0 Å². The SMILES string of the molecule is C.CN(C)[C@@H]1C(=O)C(C(N)=O)=C(O)[C@@]2(O)C(=O)C3=C(O)c4c(ccc(N5CCOCC5)c4O)C[C@H]3C[C@@H]12. The number of Topliss-reactive ketones (excluding diaryl/α,β-unsaturated/α-hetero) is 2. The first kappa shape index (κ1) is 26.6. The lowest BCUT2D eigenvalue weighted by molar-refractivity contribution is -0.153. The molecule has 2 fully saturated rings. The maximum atomic E-state index is 13.8. The molecule has 0 spiro atoms. The maximum Gasteiger partial charge on any atom is 0.255 e. The van der Waals surface area contributed by atoms with Crippen molar-refractivity contribution in [3.8, 4) is 5.75 Å². The summed E-state index contributed by atoms with van der Waals surface area (Å²) in [6.07, 6.45) is 0.337. The molecule has 1 aromatic carbocycles. The van der Waals surface area contributed by atoms with Gasteiger partial charge in [0.25, 0.3) is 5.91 Å². The number of fused-ring (bicyclic) bond motifs is 3. The van der Waals surface area contributed by atoms with E-state index in [9.17, 15) is 34.8 Å². The number of hydrogen-bond acceptors (Lipinski definition) is 10. The standard InChI is InChI=1S/C25H29N3O8.CH4/c1-27(2)18-13-10-12-9-11-3-4-14(28-5-7-36-8-6-28)19(29)15(11)20(30)16(12)22(32)25(13,35)23(33)17(21(18)31)24(26)34;/h3-4,12-13,18,29-30,33,35H,5-10H2,1-2H3,(H2,26,34);1H4/t12-,13-,18-,25-;/m0./s1. The number of aliphatic hydroxyl groups is 3. The Morgan fingerprint density at radius 1 is 1.16 bits per heavy atom. The van der Waals surface area contributed by atoms with Crippen LogP contribution in [0.4, 0.5) is 5.69 Å². The van der Waals surface area contributed by atoms with Crippen LogP contribution in [0.1, 0.15) is 25.0 Å². The fourth-order valence-corrected chi connectivity index (χ4v) is 6.27. The number of likely N-dealkylation sites (N-methyl/N-ethyl adjacent to an activating group) is 1. The number of aliphatic hydroxyl groups excluding tert-OH is 2. The van der Waals surface area contributed by atoms with Gasteiger partial charge < -0.3 is 35.8 Å². The lowest BCUT2D eigenvalue weighted by Crippen LogP contribution is -2.65. The average molecular weight is 516 g/mol. The molecule has 1 saturated carbocycles. The van der Waals surface area contributed by atoms with Crippen LogP contribution in [0.5, 0.6) is 5.75 Å². The molecular weight excluding hydrogens is 482 g/mol. The fraction of sp³-hybridized carbons (Fsp3) is 0.500. The van der Waals surface area contributed by atoms with Crippen molar-refractivity contribution in [1.29, 1.82) is 0 Å². The van der Waals surface area contributed by atoms with Gasteiger partial charge in [-0.25, -0.2) is 0 Å². The molecule has 1 heterocycles. The molecule has 0 aromatic heterocycles. The van der Waals surface area contributed by atoms with E-state index < -0.39 is 58.0 Å². The fourth-order valence-electron chi connectivity index (χ4n) is 6.27. The molecule has 6 N–H and O–H groups in total. The number of phenols is 1. The van der Waals surface area contributed by atoms with E-state index in [4.69, 9.17) is 10.5 Å². The van der Waals surface area contributed by atoms with Gasteiger partial charge >= 0.3 is 0 Å². The number of ketones is 2. The summed E-state index contributed by atoms with van der Waals surface area (Å²) in [5.41, 5.74) is 2.92. The highest BCUT2D eigenvalue weighted by Gasteiger charge is 2.64. The van der Waals surface area contributed by atoms with Crippen molar-refractivity contribution in [3.05, 3.63) is 40.2 Å². The Morgan fingerprint density at radius 3 is 2.41 bits per heavy atom. The van der Waals surface area contributed by atoms with Gasteiger partial charge in [-0.05, 0) is 44.5 Å². The third kappa shape index (κ3) is 3.64. The number of aromatic hydroxyl groups is 1. The number of benzene rings is 1. The Labute approximate surface area is 214 Å².